The molecule has 0 aliphatic rings. The lowest BCUT2D eigenvalue weighted by molar-refractivity contribution is -0.124. The quantitative estimate of drug-likeness (QED) is 0.533. The average Bonchev–Trinajstić information content (AvgIpc) is 3.12. The highest BCUT2D eigenvalue weighted by Gasteiger charge is 2.15. The first-order valence-corrected chi connectivity index (χ1v) is 10.9. The van der Waals surface area contributed by atoms with E-state index < -0.39 is 11.5 Å². The van der Waals surface area contributed by atoms with Gasteiger partial charge in [0, 0.05) is 23.4 Å². The lowest BCUT2D eigenvalue weighted by atomic mass is 9.97. The number of carbonyl (C=O) groups is 1. The van der Waals surface area contributed by atoms with Crippen molar-refractivity contribution in [2.75, 3.05) is 0 Å². The maximum absolute atomic E-state index is 14.6. The van der Waals surface area contributed by atoms with Crippen LogP contribution in [-0.4, -0.2) is 20.7 Å². The van der Waals surface area contributed by atoms with Gasteiger partial charge in [-0.15, -0.1) is 5.10 Å². The van der Waals surface area contributed by atoms with Gasteiger partial charge in [-0.25, -0.2) is 9.18 Å². The molecule has 0 unspecified atom stereocenters. The van der Waals surface area contributed by atoms with Crippen LogP contribution < -0.4 is 11.0 Å². The number of amides is 1. The molecule has 1 aromatic heterocycles. The van der Waals surface area contributed by atoms with Gasteiger partial charge in [0.1, 0.15) is 5.82 Å². The van der Waals surface area contributed by atoms with Gasteiger partial charge in [0.25, 0.3) is 0 Å². The number of rotatable bonds is 5. The van der Waals surface area contributed by atoms with Crippen LogP contribution in [0.1, 0.15) is 45.7 Å². The summed E-state index contributed by atoms with van der Waals surface area (Å²) in [5, 5.41) is 7.44. The van der Waals surface area contributed by atoms with Gasteiger partial charge in [-0.05, 0) is 56.7 Å². The number of halogens is 2. The van der Waals surface area contributed by atoms with Crippen molar-refractivity contribution in [3.8, 4) is 28.9 Å². The molecule has 0 atom stereocenters. The van der Waals surface area contributed by atoms with E-state index in [-0.39, 0.29) is 35.2 Å². The number of carbonyl (C=O) groups excluding carboxylic acids is 1. The summed E-state index contributed by atoms with van der Waals surface area (Å²) in [5.41, 5.74) is 1.02. The first-order chi connectivity index (χ1) is 15.4. The van der Waals surface area contributed by atoms with Crippen molar-refractivity contribution in [2.45, 2.75) is 41.2 Å². The molecule has 0 saturated heterocycles. The lowest BCUT2D eigenvalue weighted by Crippen LogP contribution is -2.27. The second-order valence-electron chi connectivity index (χ2n) is 9.04. The maximum atomic E-state index is 14.6. The monoisotopic (exact) mass is 468 g/mol. The van der Waals surface area contributed by atoms with Crippen molar-refractivity contribution in [2.24, 2.45) is 11.3 Å². The highest BCUT2D eigenvalue weighted by atomic mass is 35.5. The molecular weight excluding hydrogens is 443 g/mol. The summed E-state index contributed by atoms with van der Waals surface area (Å²) in [7, 11) is 0. The number of hydrogen-bond donors (Lipinski definition) is 2. The second-order valence-corrected chi connectivity index (χ2v) is 9.45. The summed E-state index contributed by atoms with van der Waals surface area (Å²) in [4.78, 5) is 27.1. The number of hydrogen-bond acceptors (Lipinski definition) is 3. The van der Waals surface area contributed by atoms with Crippen LogP contribution in [0.4, 0.5) is 4.39 Å². The highest BCUT2D eigenvalue weighted by molar-refractivity contribution is 6.32. The van der Waals surface area contributed by atoms with Gasteiger partial charge in [-0.1, -0.05) is 43.4 Å². The Morgan fingerprint density at radius 2 is 1.97 bits per heavy atom. The van der Waals surface area contributed by atoms with E-state index in [4.69, 9.17) is 11.6 Å². The minimum Gasteiger partial charge on any atom is -0.352 e. The molecule has 1 heterocycles. The van der Waals surface area contributed by atoms with E-state index in [1.54, 1.807) is 44.2 Å². The molecule has 6 nitrogen and oxygen atoms in total. The van der Waals surface area contributed by atoms with Crippen molar-refractivity contribution in [1.82, 2.24) is 20.1 Å². The summed E-state index contributed by atoms with van der Waals surface area (Å²) >= 11 is 6.31. The number of nitrogens with zero attached hydrogens (tertiary/aromatic N) is 2. The molecule has 0 bridgehead atoms. The third-order valence-electron chi connectivity index (χ3n) is 4.66. The fourth-order valence-corrected chi connectivity index (χ4v) is 3.06. The lowest BCUT2D eigenvalue weighted by Gasteiger charge is -2.10. The molecular formula is C25H26ClFN4O2. The zero-order valence-electron chi connectivity index (χ0n) is 19.2. The predicted molar refractivity (Wildman–Crippen MR) is 128 cm³/mol. The third kappa shape index (κ3) is 6.11. The van der Waals surface area contributed by atoms with Gasteiger partial charge in [0.05, 0.1) is 16.3 Å². The molecule has 0 fully saturated rings. The Hall–Kier alpha value is -3.37. The first-order valence-electron chi connectivity index (χ1n) is 10.5. The molecule has 33 heavy (non-hydrogen) atoms. The fraction of sp³-hybridized carbons (Fsp3) is 0.320. The molecule has 0 aliphatic heterocycles. The summed E-state index contributed by atoms with van der Waals surface area (Å²) in [6.07, 6.45) is 0. The van der Waals surface area contributed by atoms with Crippen LogP contribution in [0.2, 0.25) is 5.02 Å². The Bertz CT molecular complexity index is 1310. The van der Waals surface area contributed by atoms with Gasteiger partial charge in [-0.3, -0.25) is 9.78 Å². The molecule has 172 valence electrons. The van der Waals surface area contributed by atoms with Crippen molar-refractivity contribution >= 4 is 17.5 Å². The largest absolute Gasteiger partial charge is 0.352 e. The van der Waals surface area contributed by atoms with E-state index in [9.17, 15) is 14.0 Å². The van der Waals surface area contributed by atoms with Crippen molar-refractivity contribution < 1.29 is 9.18 Å². The van der Waals surface area contributed by atoms with E-state index in [2.05, 4.69) is 27.2 Å². The van der Waals surface area contributed by atoms with E-state index >= 15 is 0 Å². The number of aromatic nitrogens is 3. The fourth-order valence-electron chi connectivity index (χ4n) is 2.86. The van der Waals surface area contributed by atoms with Crippen molar-refractivity contribution in [3.63, 3.8) is 0 Å². The van der Waals surface area contributed by atoms with Crippen LogP contribution in [0.5, 0.6) is 0 Å². The highest BCUT2D eigenvalue weighted by Crippen LogP contribution is 2.23. The molecule has 8 heteroatoms. The Morgan fingerprint density at radius 1 is 1.24 bits per heavy atom. The van der Waals surface area contributed by atoms with Crippen LogP contribution in [0.3, 0.4) is 0 Å². The number of benzene rings is 2. The molecule has 0 radical (unpaired) electrons. The molecule has 0 aliphatic carbocycles. The zero-order chi connectivity index (χ0) is 24.3. The summed E-state index contributed by atoms with van der Waals surface area (Å²) in [6.45, 7) is 9.74. The Kier molecular flexibility index (Phi) is 7.09. The van der Waals surface area contributed by atoms with Gasteiger partial charge < -0.3 is 5.32 Å². The van der Waals surface area contributed by atoms with E-state index in [1.165, 1.54) is 6.07 Å². The van der Waals surface area contributed by atoms with Gasteiger partial charge in [0.2, 0.25) is 5.91 Å². The number of H-pyrrole nitrogens is 1. The summed E-state index contributed by atoms with van der Waals surface area (Å²) in [6, 6.07) is 9.58. The van der Waals surface area contributed by atoms with Gasteiger partial charge in [-0.2, -0.15) is 4.68 Å². The van der Waals surface area contributed by atoms with Crippen LogP contribution >= 0.6 is 11.6 Å². The number of nitrogens with one attached hydrogen (secondary N) is 2. The average molecular weight is 469 g/mol. The second kappa shape index (κ2) is 9.63. The minimum atomic E-state index is -0.521. The molecule has 1 amide bonds. The van der Waals surface area contributed by atoms with Crippen molar-refractivity contribution in [1.29, 1.82) is 0 Å². The van der Waals surface area contributed by atoms with Crippen LogP contribution in [0.25, 0.3) is 17.1 Å². The third-order valence-corrected chi connectivity index (χ3v) is 4.98. The SMILES string of the molecule is CC(C)C(=O)NCc1ccc(Cl)c(-n2nc(-c3ccc(C#CC(C)(C)C)c(F)c3)[nH]c2=O)c1. The molecule has 3 aromatic rings. The van der Waals surface area contributed by atoms with Gasteiger partial charge in [0.15, 0.2) is 5.82 Å². The summed E-state index contributed by atoms with van der Waals surface area (Å²) < 4.78 is 15.7. The molecule has 0 saturated carbocycles. The maximum Gasteiger partial charge on any atom is 0.348 e. The Balaban J connectivity index is 1.91. The molecule has 3 rings (SSSR count). The Labute approximate surface area is 197 Å². The van der Waals surface area contributed by atoms with Gasteiger partial charge >= 0.3 is 5.69 Å². The van der Waals surface area contributed by atoms with Crippen LogP contribution in [0, 0.1) is 29.0 Å². The molecule has 2 N–H and O–H groups in total. The normalized spacial score (nSPS) is 11.3. The smallest absolute Gasteiger partial charge is 0.348 e. The first kappa shape index (κ1) is 24.3. The summed E-state index contributed by atoms with van der Waals surface area (Å²) in [5.74, 6) is 5.32. The van der Waals surface area contributed by atoms with Crippen LogP contribution in [-0.2, 0) is 11.3 Å². The van der Waals surface area contributed by atoms with Crippen molar-refractivity contribution in [3.05, 3.63) is 68.8 Å². The van der Waals surface area contributed by atoms with E-state index in [0.717, 1.165) is 10.2 Å². The molecule has 0 spiro atoms. The molecule has 2 aromatic carbocycles. The van der Waals surface area contributed by atoms with E-state index in [0.29, 0.717) is 16.3 Å². The zero-order valence-corrected chi connectivity index (χ0v) is 20.0. The van der Waals surface area contributed by atoms with Crippen LogP contribution in [0.15, 0.2) is 41.2 Å². The number of aromatic amines is 1. The Morgan fingerprint density at radius 3 is 2.61 bits per heavy atom. The predicted octanol–water partition coefficient (Wildman–Crippen LogP) is 4.69. The standard InChI is InChI=1S/C25H26ClFN4O2/c1-15(2)23(32)28-14-16-6-9-19(26)21(12-16)31-24(33)29-22(30-31)18-8-7-17(20(27)13-18)10-11-25(3,4)5/h6-9,12-13,15H,14H2,1-5H3,(H,28,32)(H,29,30,33). The van der Waals surface area contributed by atoms with E-state index in [1.807, 2.05) is 20.8 Å². The minimum absolute atomic E-state index is 0.0802. The topological polar surface area (TPSA) is 79.8 Å².